The summed E-state index contributed by atoms with van der Waals surface area (Å²) in [5.74, 6) is 0.586. The molecule has 120 valence electrons. The Labute approximate surface area is 138 Å². The highest BCUT2D eigenvalue weighted by atomic mass is 16.3. The van der Waals surface area contributed by atoms with Gasteiger partial charge in [-0.2, -0.15) is 0 Å². The van der Waals surface area contributed by atoms with Crippen molar-refractivity contribution in [1.29, 1.82) is 0 Å². The van der Waals surface area contributed by atoms with E-state index in [9.17, 15) is 10.2 Å². The molecule has 0 spiro atoms. The second-order valence-corrected chi connectivity index (χ2v) is 6.03. The quantitative estimate of drug-likeness (QED) is 0.755. The van der Waals surface area contributed by atoms with Crippen LogP contribution in [0.4, 0.5) is 0 Å². The minimum absolute atomic E-state index is 0.293. The topological polar surface area (TPSA) is 40.5 Å². The van der Waals surface area contributed by atoms with E-state index in [0.717, 1.165) is 33.4 Å². The van der Waals surface area contributed by atoms with Crippen LogP contribution in [0.15, 0.2) is 49.6 Å². The van der Waals surface area contributed by atoms with Crippen LogP contribution in [0.2, 0.25) is 0 Å². The van der Waals surface area contributed by atoms with E-state index >= 15 is 0 Å². The van der Waals surface area contributed by atoms with E-state index in [2.05, 4.69) is 13.2 Å². The van der Waals surface area contributed by atoms with Crippen LogP contribution < -0.4 is 0 Å². The Bertz CT molecular complexity index is 678. The zero-order chi connectivity index (χ0) is 17.0. The van der Waals surface area contributed by atoms with Gasteiger partial charge in [0.1, 0.15) is 11.5 Å². The van der Waals surface area contributed by atoms with Gasteiger partial charge in [-0.1, -0.05) is 47.5 Å². The molecule has 0 saturated heterocycles. The average molecular weight is 308 g/mol. The summed E-state index contributed by atoms with van der Waals surface area (Å²) in [6, 6.07) is 7.88. The zero-order valence-electron chi connectivity index (χ0n) is 13.9. The average Bonchev–Trinajstić information content (AvgIpc) is 2.49. The highest BCUT2D eigenvalue weighted by Gasteiger charge is 2.13. The molecule has 23 heavy (non-hydrogen) atoms. The first-order valence-electron chi connectivity index (χ1n) is 7.80. The first-order chi connectivity index (χ1) is 11.0. The number of phenolic OH excluding ortho intramolecular Hbond substituents is 2. The Balaban J connectivity index is 2.47. The number of benzene rings is 2. The molecule has 0 aliphatic rings. The summed E-state index contributed by atoms with van der Waals surface area (Å²) in [5.41, 5.74) is 5.57. The van der Waals surface area contributed by atoms with Crippen LogP contribution in [0.25, 0.3) is 0 Å². The van der Waals surface area contributed by atoms with Gasteiger partial charge < -0.3 is 10.2 Å². The van der Waals surface area contributed by atoms with Crippen LogP contribution in [0.3, 0.4) is 0 Å². The summed E-state index contributed by atoms with van der Waals surface area (Å²) in [4.78, 5) is 0. The number of aryl methyl sites for hydroxylation is 2. The van der Waals surface area contributed by atoms with E-state index in [1.54, 1.807) is 12.2 Å². The molecule has 0 fully saturated rings. The maximum absolute atomic E-state index is 10.5. The van der Waals surface area contributed by atoms with Crippen LogP contribution in [0, 0.1) is 13.8 Å². The molecule has 2 heteroatoms. The fourth-order valence-electron chi connectivity index (χ4n) is 2.97. The molecule has 2 N–H and O–H groups in total. The molecule has 0 atom stereocenters. The van der Waals surface area contributed by atoms with Crippen molar-refractivity contribution in [2.24, 2.45) is 0 Å². The van der Waals surface area contributed by atoms with Gasteiger partial charge in [0.25, 0.3) is 0 Å². The van der Waals surface area contributed by atoms with Crippen LogP contribution in [0.5, 0.6) is 11.5 Å². The maximum Gasteiger partial charge on any atom is 0.122 e. The fraction of sp³-hybridized carbons (Fsp3) is 0.238. The first kappa shape index (κ1) is 16.9. The minimum atomic E-state index is 0.293. The van der Waals surface area contributed by atoms with Crippen molar-refractivity contribution < 1.29 is 10.2 Å². The van der Waals surface area contributed by atoms with E-state index < -0.39 is 0 Å². The normalized spacial score (nSPS) is 10.5. The zero-order valence-corrected chi connectivity index (χ0v) is 13.9. The molecule has 0 radical (unpaired) electrons. The van der Waals surface area contributed by atoms with Crippen molar-refractivity contribution in [2.75, 3.05) is 0 Å². The van der Waals surface area contributed by atoms with Gasteiger partial charge in [0.15, 0.2) is 0 Å². The van der Waals surface area contributed by atoms with Crippen LogP contribution >= 0.6 is 0 Å². The van der Waals surface area contributed by atoms with E-state index in [1.165, 1.54) is 0 Å². The molecule has 0 aromatic heterocycles. The van der Waals surface area contributed by atoms with Gasteiger partial charge in [0.05, 0.1) is 0 Å². The number of allylic oxidation sites excluding steroid dienone is 2. The third kappa shape index (κ3) is 3.84. The van der Waals surface area contributed by atoms with Crippen LogP contribution in [0.1, 0.15) is 33.4 Å². The summed E-state index contributed by atoms with van der Waals surface area (Å²) >= 11 is 0. The van der Waals surface area contributed by atoms with Gasteiger partial charge in [-0.25, -0.2) is 0 Å². The lowest BCUT2D eigenvalue weighted by atomic mass is 9.94. The molecule has 2 nitrogen and oxygen atoms in total. The van der Waals surface area contributed by atoms with E-state index in [1.807, 2.05) is 38.1 Å². The van der Waals surface area contributed by atoms with Gasteiger partial charge >= 0.3 is 0 Å². The lowest BCUT2D eigenvalue weighted by Crippen LogP contribution is -1.97. The van der Waals surface area contributed by atoms with Crippen molar-refractivity contribution in [1.82, 2.24) is 0 Å². The number of phenols is 2. The highest BCUT2D eigenvalue weighted by Crippen LogP contribution is 2.32. The fourth-order valence-corrected chi connectivity index (χ4v) is 2.97. The molecule has 2 rings (SSSR count). The third-order valence-corrected chi connectivity index (χ3v) is 3.93. The Kier molecular flexibility index (Phi) is 5.28. The molecule has 0 amide bonds. The molecule has 0 heterocycles. The summed E-state index contributed by atoms with van der Waals surface area (Å²) < 4.78 is 0. The Hall–Kier alpha value is -2.48. The van der Waals surface area contributed by atoms with Gasteiger partial charge in [-0.3, -0.25) is 0 Å². The number of hydrogen-bond acceptors (Lipinski definition) is 2. The summed E-state index contributed by atoms with van der Waals surface area (Å²) in [5, 5.41) is 21.0. The number of rotatable bonds is 6. The predicted octanol–water partition coefficient (Wildman–Crippen LogP) is 4.76. The van der Waals surface area contributed by atoms with E-state index in [-0.39, 0.29) is 0 Å². The minimum Gasteiger partial charge on any atom is -0.507 e. The molecule has 0 bridgehead atoms. The first-order valence-corrected chi connectivity index (χ1v) is 7.80. The van der Waals surface area contributed by atoms with Crippen LogP contribution in [-0.2, 0) is 19.3 Å². The molecular weight excluding hydrogens is 284 g/mol. The maximum atomic E-state index is 10.5. The predicted molar refractivity (Wildman–Crippen MR) is 96.3 cm³/mol. The Morgan fingerprint density at radius 1 is 0.739 bits per heavy atom. The molecule has 2 aromatic carbocycles. The number of aromatic hydroxyl groups is 2. The lowest BCUT2D eigenvalue weighted by Gasteiger charge is -2.14. The summed E-state index contributed by atoms with van der Waals surface area (Å²) in [7, 11) is 0. The Morgan fingerprint density at radius 2 is 1.09 bits per heavy atom. The van der Waals surface area contributed by atoms with E-state index in [4.69, 9.17) is 0 Å². The van der Waals surface area contributed by atoms with Gasteiger partial charge in [-0.15, -0.1) is 13.2 Å². The molecule has 2 aromatic rings. The third-order valence-electron chi connectivity index (χ3n) is 3.93. The van der Waals surface area contributed by atoms with Crippen molar-refractivity contribution in [3.63, 3.8) is 0 Å². The molecule has 0 saturated carbocycles. The number of hydrogen-bond donors (Lipinski definition) is 2. The molecular formula is C21H24O2. The second-order valence-electron chi connectivity index (χ2n) is 6.03. The largest absolute Gasteiger partial charge is 0.507 e. The lowest BCUT2D eigenvalue weighted by molar-refractivity contribution is 0.457. The van der Waals surface area contributed by atoms with Crippen molar-refractivity contribution in [3.05, 3.63) is 83.0 Å². The summed E-state index contributed by atoms with van der Waals surface area (Å²) in [6.07, 6.45) is 5.31. The highest BCUT2D eigenvalue weighted by molar-refractivity contribution is 5.51. The van der Waals surface area contributed by atoms with Gasteiger partial charge in [-0.05, 0) is 48.9 Å². The monoisotopic (exact) mass is 308 g/mol. The van der Waals surface area contributed by atoms with Crippen molar-refractivity contribution >= 4 is 0 Å². The Morgan fingerprint density at radius 3 is 1.43 bits per heavy atom. The smallest absolute Gasteiger partial charge is 0.122 e. The SMILES string of the molecule is C=CCc1cc(C)cc(Cc2cc(C)cc(CC=C)c2O)c1O. The standard InChI is InChI=1S/C21H24O2/c1-5-7-16-9-14(3)11-18(20(16)22)13-19-12-15(4)10-17(8-6-2)21(19)23/h5-6,9-12,22-23H,1-2,7-8,13H2,3-4H3. The van der Waals surface area contributed by atoms with E-state index in [0.29, 0.717) is 30.8 Å². The molecule has 0 aliphatic heterocycles. The second kappa shape index (κ2) is 7.19. The molecule has 0 aliphatic carbocycles. The van der Waals surface area contributed by atoms with Gasteiger partial charge in [0.2, 0.25) is 0 Å². The van der Waals surface area contributed by atoms with Crippen LogP contribution in [-0.4, -0.2) is 10.2 Å². The summed E-state index contributed by atoms with van der Waals surface area (Å²) in [6.45, 7) is 11.5. The van der Waals surface area contributed by atoms with Crippen molar-refractivity contribution in [3.8, 4) is 11.5 Å². The van der Waals surface area contributed by atoms with Gasteiger partial charge in [0, 0.05) is 6.42 Å². The van der Waals surface area contributed by atoms with Crippen molar-refractivity contribution in [2.45, 2.75) is 33.1 Å². The molecule has 0 unspecified atom stereocenters.